The molecule has 23 heavy (non-hydrogen) atoms. The van der Waals surface area contributed by atoms with Crippen LogP contribution in [-0.4, -0.2) is 19.7 Å². The summed E-state index contributed by atoms with van der Waals surface area (Å²) in [4.78, 5) is 22.2. The van der Waals surface area contributed by atoms with E-state index >= 15 is 0 Å². The van der Waals surface area contributed by atoms with E-state index in [1.54, 1.807) is 18.3 Å². The maximum atomic E-state index is 11.3. The second-order valence-corrected chi connectivity index (χ2v) is 4.57. The van der Waals surface area contributed by atoms with Crippen LogP contribution in [0.3, 0.4) is 0 Å². The Balaban J connectivity index is 2.19. The zero-order valence-electron chi connectivity index (χ0n) is 11.6. The van der Waals surface area contributed by atoms with Gasteiger partial charge in [-0.2, -0.15) is 0 Å². The van der Waals surface area contributed by atoms with E-state index in [9.17, 15) is 20.2 Å². The van der Waals surface area contributed by atoms with E-state index in [1.165, 1.54) is 27.8 Å². The number of para-hydroxylation sites is 1. The molecule has 0 aliphatic carbocycles. The standard InChI is InChI=1S/C14H10N5O4/c20-18(21)12-6-7-13(14(10-12)19(22)23)16-9-8-15-17(16)11-4-2-1-3-5-11/h1-10H/q+1. The molecule has 0 atom stereocenters. The predicted octanol–water partition coefficient (Wildman–Crippen LogP) is 1.97. The highest BCUT2D eigenvalue weighted by Gasteiger charge is 2.26. The number of nitro benzene ring substituents is 2. The molecule has 0 fully saturated rings. The first-order chi connectivity index (χ1) is 11.1. The Morgan fingerprint density at radius 3 is 2.39 bits per heavy atom. The number of rotatable bonds is 4. The van der Waals surface area contributed by atoms with E-state index in [0.717, 1.165) is 6.07 Å². The van der Waals surface area contributed by atoms with Gasteiger partial charge in [0.25, 0.3) is 5.69 Å². The molecule has 0 aliphatic heterocycles. The van der Waals surface area contributed by atoms with E-state index in [2.05, 4.69) is 5.10 Å². The van der Waals surface area contributed by atoms with Gasteiger partial charge in [0.1, 0.15) is 5.69 Å². The number of nitro groups is 2. The van der Waals surface area contributed by atoms with Crippen molar-refractivity contribution in [3.8, 4) is 11.4 Å². The Bertz CT molecular complexity index is 891. The lowest BCUT2D eigenvalue weighted by Gasteiger charge is -2.03. The second kappa shape index (κ2) is 5.64. The van der Waals surface area contributed by atoms with Crippen molar-refractivity contribution in [3.05, 3.63) is 81.2 Å². The lowest BCUT2D eigenvalue weighted by molar-refractivity contribution is -0.682. The van der Waals surface area contributed by atoms with Gasteiger partial charge in [-0.05, 0) is 16.9 Å². The van der Waals surface area contributed by atoms with Crippen LogP contribution in [0.2, 0.25) is 0 Å². The van der Waals surface area contributed by atoms with Crippen LogP contribution in [0, 0.1) is 20.2 Å². The van der Waals surface area contributed by atoms with Gasteiger partial charge in [0.15, 0.2) is 6.20 Å². The lowest BCUT2D eigenvalue weighted by atomic mass is 10.2. The molecule has 0 N–H and O–H groups in total. The molecule has 1 aromatic heterocycles. The summed E-state index contributed by atoms with van der Waals surface area (Å²) in [6, 6.07) is 12.5. The molecule has 0 aliphatic rings. The topological polar surface area (TPSA) is 108 Å². The SMILES string of the molecule is O=[N+]([O-])c1ccc(-[n+]2ccnn2-c2ccccc2)c([N+](=O)[O-])c1. The smallest absolute Gasteiger partial charge is 0.258 e. The van der Waals surface area contributed by atoms with Crippen LogP contribution in [-0.2, 0) is 0 Å². The number of nitrogens with zero attached hydrogens (tertiary/aromatic N) is 5. The molecule has 0 unspecified atom stereocenters. The molecular formula is C14H10N5O4+. The molecule has 3 rings (SSSR count). The highest BCUT2D eigenvalue weighted by Crippen LogP contribution is 2.24. The largest absolute Gasteiger partial charge is 0.324 e. The Hall–Kier alpha value is -3.62. The maximum absolute atomic E-state index is 11.3. The average molecular weight is 312 g/mol. The average Bonchev–Trinajstić information content (AvgIpc) is 3.04. The van der Waals surface area contributed by atoms with Crippen LogP contribution in [0.1, 0.15) is 0 Å². The fourth-order valence-electron chi connectivity index (χ4n) is 2.17. The summed E-state index contributed by atoms with van der Waals surface area (Å²) >= 11 is 0. The van der Waals surface area contributed by atoms with Crippen LogP contribution in [0.15, 0.2) is 60.9 Å². The zero-order valence-corrected chi connectivity index (χ0v) is 11.6. The number of benzene rings is 2. The number of hydrogen-bond donors (Lipinski definition) is 0. The minimum absolute atomic E-state index is 0.182. The summed E-state index contributed by atoms with van der Waals surface area (Å²) in [5.74, 6) is 0. The van der Waals surface area contributed by atoms with Gasteiger partial charge in [-0.1, -0.05) is 18.2 Å². The first-order valence-corrected chi connectivity index (χ1v) is 6.52. The highest BCUT2D eigenvalue weighted by molar-refractivity contribution is 5.53. The molecule has 114 valence electrons. The van der Waals surface area contributed by atoms with Crippen LogP contribution in [0.25, 0.3) is 11.4 Å². The third-order valence-electron chi connectivity index (χ3n) is 3.19. The molecule has 1 heterocycles. The number of aromatic nitrogens is 3. The maximum Gasteiger partial charge on any atom is 0.324 e. The van der Waals surface area contributed by atoms with Gasteiger partial charge in [0.05, 0.1) is 15.9 Å². The minimum Gasteiger partial charge on any atom is -0.258 e. The van der Waals surface area contributed by atoms with Crippen LogP contribution >= 0.6 is 0 Å². The van der Waals surface area contributed by atoms with Crippen molar-refractivity contribution >= 4 is 11.4 Å². The summed E-state index contributed by atoms with van der Waals surface area (Å²) in [7, 11) is 0. The van der Waals surface area contributed by atoms with Gasteiger partial charge in [0.2, 0.25) is 11.9 Å². The van der Waals surface area contributed by atoms with Gasteiger partial charge in [-0.15, -0.1) is 4.68 Å². The highest BCUT2D eigenvalue weighted by atomic mass is 16.6. The molecule has 0 saturated carbocycles. The molecule has 0 amide bonds. The normalized spacial score (nSPS) is 10.4. The fourth-order valence-corrected chi connectivity index (χ4v) is 2.17. The second-order valence-electron chi connectivity index (χ2n) is 4.57. The third kappa shape index (κ3) is 2.62. The van der Waals surface area contributed by atoms with Crippen LogP contribution < -0.4 is 4.68 Å². The van der Waals surface area contributed by atoms with E-state index in [-0.39, 0.29) is 17.1 Å². The number of hydrogen-bond acceptors (Lipinski definition) is 5. The molecule has 0 saturated heterocycles. The molecule has 0 bridgehead atoms. The Labute approximate surface area is 129 Å². The Kier molecular flexibility index (Phi) is 3.51. The van der Waals surface area contributed by atoms with Crippen molar-refractivity contribution < 1.29 is 14.5 Å². The van der Waals surface area contributed by atoms with E-state index in [4.69, 9.17) is 0 Å². The zero-order chi connectivity index (χ0) is 16.4. The Morgan fingerprint density at radius 2 is 1.74 bits per heavy atom. The summed E-state index contributed by atoms with van der Waals surface area (Å²) in [6.45, 7) is 0. The summed E-state index contributed by atoms with van der Waals surface area (Å²) in [5.41, 5.74) is 0.167. The summed E-state index contributed by atoms with van der Waals surface area (Å²) < 4.78 is 1.46. The first-order valence-electron chi connectivity index (χ1n) is 6.52. The number of non-ortho nitro benzene ring substituents is 1. The molecule has 3 aromatic rings. The van der Waals surface area contributed by atoms with Crippen molar-refractivity contribution in [2.24, 2.45) is 0 Å². The predicted molar refractivity (Wildman–Crippen MR) is 78.4 cm³/mol. The minimum atomic E-state index is -0.671. The first kappa shape index (κ1) is 14.3. The third-order valence-corrected chi connectivity index (χ3v) is 3.19. The molecule has 0 spiro atoms. The summed E-state index contributed by atoms with van der Waals surface area (Å²) in [6.07, 6.45) is 3.03. The van der Waals surface area contributed by atoms with Gasteiger partial charge >= 0.3 is 5.69 Å². The van der Waals surface area contributed by atoms with Crippen molar-refractivity contribution in [2.75, 3.05) is 0 Å². The van der Waals surface area contributed by atoms with E-state index in [1.807, 2.05) is 18.2 Å². The van der Waals surface area contributed by atoms with E-state index in [0.29, 0.717) is 5.69 Å². The van der Waals surface area contributed by atoms with Crippen molar-refractivity contribution in [1.29, 1.82) is 0 Å². The lowest BCUT2D eigenvalue weighted by Crippen LogP contribution is -2.40. The van der Waals surface area contributed by atoms with E-state index < -0.39 is 9.85 Å². The van der Waals surface area contributed by atoms with Crippen LogP contribution in [0.5, 0.6) is 0 Å². The molecular weight excluding hydrogens is 302 g/mol. The quantitative estimate of drug-likeness (QED) is 0.415. The van der Waals surface area contributed by atoms with Gasteiger partial charge < -0.3 is 0 Å². The van der Waals surface area contributed by atoms with Crippen molar-refractivity contribution in [2.45, 2.75) is 0 Å². The molecule has 2 aromatic carbocycles. The molecule has 0 radical (unpaired) electrons. The monoisotopic (exact) mass is 312 g/mol. The van der Waals surface area contributed by atoms with Gasteiger partial charge in [-0.25, -0.2) is 0 Å². The van der Waals surface area contributed by atoms with Crippen molar-refractivity contribution in [3.63, 3.8) is 0 Å². The van der Waals surface area contributed by atoms with Gasteiger partial charge in [0, 0.05) is 17.2 Å². The van der Waals surface area contributed by atoms with Crippen LogP contribution in [0.4, 0.5) is 11.4 Å². The van der Waals surface area contributed by atoms with Crippen molar-refractivity contribution in [1.82, 2.24) is 9.90 Å². The molecule has 9 nitrogen and oxygen atoms in total. The van der Waals surface area contributed by atoms with Gasteiger partial charge in [-0.3, -0.25) is 20.2 Å². The molecule has 9 heteroatoms. The summed E-state index contributed by atoms with van der Waals surface area (Å²) in [5, 5.41) is 26.2. The fraction of sp³-hybridized carbons (Fsp3) is 0. The Morgan fingerprint density at radius 1 is 1.00 bits per heavy atom.